The monoisotopic (exact) mass is 528 g/mol. The van der Waals surface area contributed by atoms with Gasteiger partial charge in [0.1, 0.15) is 7.14 Å². The minimum absolute atomic E-state index is 0.0847. The van der Waals surface area contributed by atoms with Crippen LogP contribution in [0.25, 0.3) is 22.0 Å². The predicted octanol–water partition coefficient (Wildman–Crippen LogP) is 9.06. The Hall–Kier alpha value is -2.18. The van der Waals surface area contributed by atoms with E-state index in [1.165, 1.54) is 51.6 Å². The van der Waals surface area contributed by atoms with Crippen molar-refractivity contribution in [2.75, 3.05) is 12.3 Å². The van der Waals surface area contributed by atoms with Crippen molar-refractivity contribution in [1.29, 1.82) is 0 Å². The zero-order chi connectivity index (χ0) is 27.1. The number of aromatic nitrogens is 1. The third-order valence-corrected chi connectivity index (χ3v) is 13.2. The fourth-order valence-electron chi connectivity index (χ4n) is 7.78. The van der Waals surface area contributed by atoms with Crippen LogP contribution in [0.2, 0.25) is 0 Å². The van der Waals surface area contributed by atoms with Crippen molar-refractivity contribution in [2.45, 2.75) is 103 Å². The highest BCUT2D eigenvalue weighted by Gasteiger charge is 2.80. The summed E-state index contributed by atoms with van der Waals surface area (Å²) in [6.45, 7) is 16.1. The molecule has 0 amide bonds. The number of allylic oxidation sites excluding steroid dienone is 1. The van der Waals surface area contributed by atoms with Gasteiger partial charge in [0.15, 0.2) is 6.20 Å². The second kappa shape index (κ2) is 10.4. The summed E-state index contributed by atoms with van der Waals surface area (Å²) >= 11 is 0. The number of hydrogen-bond acceptors (Lipinski definition) is 1. The van der Waals surface area contributed by atoms with Gasteiger partial charge in [-0.15, -0.1) is 0 Å². The Bertz CT molecular complexity index is 1410. The first-order chi connectivity index (χ1) is 18.4. The van der Waals surface area contributed by atoms with E-state index in [4.69, 9.17) is 6.58 Å². The molecule has 0 radical (unpaired) electrons. The van der Waals surface area contributed by atoms with Crippen molar-refractivity contribution in [3.8, 4) is 11.3 Å². The van der Waals surface area contributed by atoms with Crippen molar-refractivity contribution < 1.29 is 9.13 Å². The fraction of sp³-hybridized carbons (Fsp3) is 0.514. The zero-order valence-corrected chi connectivity index (χ0v) is 25.3. The van der Waals surface area contributed by atoms with Crippen molar-refractivity contribution in [1.82, 2.24) is 0 Å². The van der Waals surface area contributed by atoms with Crippen molar-refractivity contribution in [2.24, 2.45) is 0 Å². The zero-order valence-electron chi connectivity index (χ0n) is 24.4. The van der Waals surface area contributed by atoms with Crippen molar-refractivity contribution in [3.05, 3.63) is 71.9 Å². The van der Waals surface area contributed by atoms with E-state index in [-0.39, 0.29) is 11.0 Å². The van der Waals surface area contributed by atoms with Crippen LogP contribution in [-0.2, 0) is 21.9 Å². The molecule has 0 N–H and O–H groups in total. The first kappa shape index (κ1) is 27.4. The van der Waals surface area contributed by atoms with Crippen LogP contribution in [0.5, 0.6) is 0 Å². The van der Waals surface area contributed by atoms with E-state index >= 15 is 0 Å². The van der Waals surface area contributed by atoms with Crippen LogP contribution in [0.3, 0.4) is 0 Å². The van der Waals surface area contributed by atoms with Crippen LogP contribution in [0.15, 0.2) is 60.8 Å². The summed E-state index contributed by atoms with van der Waals surface area (Å²) in [5.74, 6) is 0. The SMILES string of the molecule is C=C1C2(CC)c3cc(P(=O)(CCCC)CCCC)ccc3-c3c4cccc(CCCC)c4cc[n+]3C12CC. The lowest BCUT2D eigenvalue weighted by Gasteiger charge is -2.30. The molecule has 2 heterocycles. The normalized spacial score (nSPS) is 21.8. The number of unbranched alkanes of at least 4 members (excludes halogenated alkanes) is 3. The summed E-state index contributed by atoms with van der Waals surface area (Å²) in [4.78, 5) is 0. The van der Waals surface area contributed by atoms with Crippen molar-refractivity contribution in [3.63, 3.8) is 0 Å². The highest BCUT2D eigenvalue weighted by molar-refractivity contribution is 7.71. The van der Waals surface area contributed by atoms with Gasteiger partial charge in [0.25, 0.3) is 0 Å². The van der Waals surface area contributed by atoms with E-state index < -0.39 is 7.14 Å². The molecule has 2 nitrogen and oxygen atoms in total. The Morgan fingerprint density at radius 1 is 0.842 bits per heavy atom. The van der Waals surface area contributed by atoms with Gasteiger partial charge < -0.3 is 4.57 Å². The molecule has 1 aromatic heterocycles. The van der Waals surface area contributed by atoms with Crippen molar-refractivity contribution >= 4 is 23.2 Å². The minimum Gasteiger partial charge on any atom is -0.319 e. The number of fused-ring (bicyclic) bond motifs is 8. The molecular formula is C35H47NOP+. The average molecular weight is 529 g/mol. The highest BCUT2D eigenvalue weighted by Crippen LogP contribution is 2.71. The summed E-state index contributed by atoms with van der Waals surface area (Å²) in [5, 5.41) is 3.82. The average Bonchev–Trinajstić information content (AvgIpc) is 3.52. The molecule has 5 rings (SSSR count). The molecule has 0 saturated heterocycles. The maximum absolute atomic E-state index is 14.5. The lowest BCUT2D eigenvalue weighted by molar-refractivity contribution is -0.730. The summed E-state index contributed by atoms with van der Waals surface area (Å²) in [6.07, 6.45) is 13.8. The molecule has 0 bridgehead atoms. The van der Waals surface area contributed by atoms with Gasteiger partial charge in [0.2, 0.25) is 11.2 Å². The Labute approximate surface area is 230 Å². The van der Waals surface area contributed by atoms with Gasteiger partial charge in [0, 0.05) is 35.7 Å². The molecular weight excluding hydrogens is 481 g/mol. The molecule has 1 aliphatic heterocycles. The Morgan fingerprint density at radius 2 is 1.55 bits per heavy atom. The van der Waals surface area contributed by atoms with Gasteiger partial charge in [-0.25, -0.2) is 0 Å². The van der Waals surface area contributed by atoms with Gasteiger partial charge in [-0.05, 0) is 66.8 Å². The molecule has 1 saturated carbocycles. The number of nitrogens with zero attached hydrogens (tertiary/aromatic N) is 1. The molecule has 202 valence electrons. The summed E-state index contributed by atoms with van der Waals surface area (Å²) in [7, 11) is -2.44. The van der Waals surface area contributed by atoms with Gasteiger partial charge in [-0.1, -0.05) is 78.7 Å². The molecule has 38 heavy (non-hydrogen) atoms. The van der Waals surface area contributed by atoms with Crippen LogP contribution in [0.1, 0.15) is 97.1 Å². The van der Waals surface area contributed by atoms with Crippen LogP contribution in [-0.4, -0.2) is 12.3 Å². The van der Waals surface area contributed by atoms with Crippen LogP contribution < -0.4 is 9.87 Å². The summed E-state index contributed by atoms with van der Waals surface area (Å²) in [5.41, 5.74) is 6.60. The van der Waals surface area contributed by atoms with E-state index in [1.807, 2.05) is 0 Å². The number of rotatable bonds is 12. The van der Waals surface area contributed by atoms with Gasteiger partial charge in [-0.2, -0.15) is 4.57 Å². The third-order valence-electron chi connectivity index (χ3n) is 9.93. The quantitative estimate of drug-likeness (QED) is 0.130. The lowest BCUT2D eigenvalue weighted by Crippen LogP contribution is -2.55. The smallest absolute Gasteiger partial charge is 0.221 e. The number of benzene rings is 2. The molecule has 3 aromatic rings. The third kappa shape index (κ3) is 3.73. The summed E-state index contributed by atoms with van der Waals surface area (Å²) in [6, 6.07) is 16.2. The van der Waals surface area contributed by atoms with Gasteiger partial charge >= 0.3 is 0 Å². The number of hydrogen-bond donors (Lipinski definition) is 0. The first-order valence-corrected chi connectivity index (χ1v) is 17.4. The number of aryl methyl sites for hydroxylation is 1. The Morgan fingerprint density at radius 3 is 2.18 bits per heavy atom. The molecule has 1 fully saturated rings. The van der Waals surface area contributed by atoms with E-state index in [0.717, 1.165) is 62.6 Å². The first-order valence-electron chi connectivity index (χ1n) is 15.3. The molecule has 2 aliphatic rings. The van der Waals surface area contributed by atoms with Gasteiger partial charge in [-0.3, -0.25) is 0 Å². The summed E-state index contributed by atoms with van der Waals surface area (Å²) < 4.78 is 17.1. The Kier molecular flexibility index (Phi) is 7.51. The van der Waals surface area contributed by atoms with E-state index in [2.05, 4.69) is 87.8 Å². The molecule has 0 spiro atoms. The maximum Gasteiger partial charge on any atom is 0.221 e. The second-order valence-corrected chi connectivity index (χ2v) is 14.9. The molecule has 2 aromatic carbocycles. The molecule has 3 heteroatoms. The van der Waals surface area contributed by atoms with Crippen LogP contribution in [0.4, 0.5) is 0 Å². The fourth-order valence-corrected chi connectivity index (χ4v) is 10.9. The minimum atomic E-state index is -2.44. The topological polar surface area (TPSA) is 20.9 Å². The van der Waals surface area contributed by atoms with Crippen LogP contribution in [0, 0.1) is 0 Å². The molecule has 1 aliphatic carbocycles. The van der Waals surface area contributed by atoms with E-state index in [9.17, 15) is 4.57 Å². The van der Waals surface area contributed by atoms with E-state index in [0.29, 0.717) is 0 Å². The molecule has 2 atom stereocenters. The highest BCUT2D eigenvalue weighted by atomic mass is 31.2. The number of pyridine rings is 1. The standard InChI is InChI=1S/C35H47NOP/c1-7-12-16-27-17-15-18-30-29(27)21-22-36-33(30)31-20-19-28(38(37,23-13-8-2)24-14-9-3)25-32(31)34(10-4)26(6)35(34,36)11-5/h15,17-22,25H,6-14,16,23-24H2,1-5H3/q+1. The maximum atomic E-state index is 14.5. The Balaban J connectivity index is 1.78. The van der Waals surface area contributed by atoms with Crippen LogP contribution >= 0.6 is 7.14 Å². The lowest BCUT2D eigenvalue weighted by atomic mass is 9.78. The molecule has 2 unspecified atom stereocenters. The largest absolute Gasteiger partial charge is 0.319 e. The predicted molar refractivity (Wildman–Crippen MR) is 164 cm³/mol. The van der Waals surface area contributed by atoms with Gasteiger partial charge in [0.05, 0.1) is 16.4 Å². The second-order valence-electron chi connectivity index (χ2n) is 11.7. The van der Waals surface area contributed by atoms with E-state index in [1.54, 1.807) is 0 Å².